The molecular formula is C11H18ClN3. The molecule has 0 aliphatic heterocycles. The Labute approximate surface area is 95.8 Å². The first-order valence-electron chi connectivity index (χ1n) is 5.63. The van der Waals surface area contributed by atoms with Crippen molar-refractivity contribution >= 4 is 11.6 Å². The second kappa shape index (κ2) is 4.52. The van der Waals surface area contributed by atoms with Crippen LogP contribution >= 0.6 is 11.6 Å². The summed E-state index contributed by atoms with van der Waals surface area (Å²) in [5.41, 5.74) is 0. The van der Waals surface area contributed by atoms with Gasteiger partial charge < -0.3 is 4.57 Å². The molecule has 2 rings (SSSR count). The Morgan fingerprint density at radius 1 is 1.53 bits per heavy atom. The fraction of sp³-hybridized carbons (Fsp3) is 0.818. The molecule has 1 aliphatic rings. The second-order valence-corrected chi connectivity index (χ2v) is 5.33. The molecule has 0 bridgehead atoms. The van der Waals surface area contributed by atoms with Crippen LogP contribution in [0, 0.1) is 11.8 Å². The van der Waals surface area contributed by atoms with Crippen molar-refractivity contribution in [1.82, 2.24) is 14.8 Å². The zero-order valence-electron chi connectivity index (χ0n) is 9.36. The van der Waals surface area contributed by atoms with Crippen molar-refractivity contribution in [3.05, 3.63) is 12.2 Å². The largest absolute Gasteiger partial charge is 0.321 e. The number of hydrogen-bond donors (Lipinski definition) is 0. The minimum Gasteiger partial charge on any atom is -0.321 e. The third-order valence-electron chi connectivity index (χ3n) is 3.55. The molecule has 3 atom stereocenters. The molecule has 1 saturated carbocycles. The standard InChI is InChI=1S/C11H18ClN3/c1-8-3-4-10(12)5-9(8)6-11-14-13-7-15(11)2/h7-10H,3-6H2,1-2H3. The molecule has 1 aromatic rings. The molecule has 0 saturated heterocycles. The van der Waals surface area contributed by atoms with E-state index in [0.29, 0.717) is 11.3 Å². The number of nitrogens with zero attached hydrogens (tertiary/aromatic N) is 3. The lowest BCUT2D eigenvalue weighted by molar-refractivity contribution is 0.253. The normalized spacial score (nSPS) is 31.8. The Hall–Kier alpha value is -0.570. The van der Waals surface area contributed by atoms with E-state index in [1.165, 1.54) is 6.42 Å². The molecule has 0 radical (unpaired) electrons. The van der Waals surface area contributed by atoms with Crippen LogP contribution in [0.1, 0.15) is 32.0 Å². The van der Waals surface area contributed by atoms with E-state index in [9.17, 15) is 0 Å². The zero-order valence-corrected chi connectivity index (χ0v) is 10.1. The van der Waals surface area contributed by atoms with Crippen molar-refractivity contribution in [2.75, 3.05) is 0 Å². The van der Waals surface area contributed by atoms with Crippen LogP contribution < -0.4 is 0 Å². The minimum absolute atomic E-state index is 0.361. The van der Waals surface area contributed by atoms with E-state index in [4.69, 9.17) is 11.6 Å². The number of aromatic nitrogens is 3. The van der Waals surface area contributed by atoms with Crippen LogP contribution in [0.2, 0.25) is 0 Å². The summed E-state index contributed by atoms with van der Waals surface area (Å²) in [7, 11) is 2.00. The van der Waals surface area contributed by atoms with Gasteiger partial charge in [0.15, 0.2) is 0 Å². The summed E-state index contributed by atoms with van der Waals surface area (Å²) < 4.78 is 2.00. The fourth-order valence-corrected chi connectivity index (χ4v) is 2.72. The van der Waals surface area contributed by atoms with Crippen LogP contribution in [0.5, 0.6) is 0 Å². The SMILES string of the molecule is CC1CCC(Cl)CC1Cc1nncn1C. The molecule has 15 heavy (non-hydrogen) atoms. The number of aryl methyl sites for hydroxylation is 1. The first-order valence-corrected chi connectivity index (χ1v) is 6.07. The van der Waals surface area contributed by atoms with Gasteiger partial charge in [-0.25, -0.2) is 0 Å². The molecule has 3 unspecified atom stereocenters. The van der Waals surface area contributed by atoms with E-state index in [1.807, 2.05) is 11.6 Å². The molecule has 84 valence electrons. The van der Waals surface area contributed by atoms with Gasteiger partial charge in [0.1, 0.15) is 12.2 Å². The predicted octanol–water partition coefficient (Wildman–Crippen LogP) is 2.40. The second-order valence-electron chi connectivity index (χ2n) is 4.71. The fourth-order valence-electron chi connectivity index (χ4n) is 2.37. The summed E-state index contributed by atoms with van der Waals surface area (Å²) in [5.74, 6) is 2.51. The Morgan fingerprint density at radius 2 is 2.33 bits per heavy atom. The van der Waals surface area contributed by atoms with Gasteiger partial charge in [-0.15, -0.1) is 21.8 Å². The van der Waals surface area contributed by atoms with E-state index in [2.05, 4.69) is 17.1 Å². The highest BCUT2D eigenvalue weighted by Gasteiger charge is 2.27. The van der Waals surface area contributed by atoms with Crippen molar-refractivity contribution in [3.8, 4) is 0 Å². The molecule has 3 nitrogen and oxygen atoms in total. The molecule has 1 fully saturated rings. The zero-order chi connectivity index (χ0) is 10.8. The van der Waals surface area contributed by atoms with Crippen molar-refractivity contribution in [2.24, 2.45) is 18.9 Å². The molecule has 1 aromatic heterocycles. The van der Waals surface area contributed by atoms with Gasteiger partial charge in [-0.3, -0.25) is 0 Å². The molecule has 0 N–H and O–H groups in total. The van der Waals surface area contributed by atoms with Crippen molar-refractivity contribution < 1.29 is 0 Å². The maximum Gasteiger partial charge on any atom is 0.132 e. The Kier molecular flexibility index (Phi) is 3.29. The quantitative estimate of drug-likeness (QED) is 0.727. The number of alkyl halides is 1. The molecular weight excluding hydrogens is 210 g/mol. The van der Waals surface area contributed by atoms with Crippen molar-refractivity contribution in [2.45, 2.75) is 38.0 Å². The van der Waals surface area contributed by atoms with Gasteiger partial charge in [-0.2, -0.15) is 0 Å². The summed E-state index contributed by atoms with van der Waals surface area (Å²) in [6, 6.07) is 0. The van der Waals surface area contributed by atoms with E-state index < -0.39 is 0 Å². The van der Waals surface area contributed by atoms with Crippen molar-refractivity contribution in [3.63, 3.8) is 0 Å². The van der Waals surface area contributed by atoms with Crippen molar-refractivity contribution in [1.29, 1.82) is 0 Å². The Balaban J connectivity index is 2.01. The lowest BCUT2D eigenvalue weighted by Gasteiger charge is -2.31. The maximum atomic E-state index is 6.21. The smallest absolute Gasteiger partial charge is 0.132 e. The van der Waals surface area contributed by atoms with Crippen LogP contribution in [-0.4, -0.2) is 20.1 Å². The van der Waals surface area contributed by atoms with Crippen LogP contribution in [0.3, 0.4) is 0 Å². The average Bonchev–Trinajstić information content (AvgIpc) is 2.58. The average molecular weight is 228 g/mol. The third kappa shape index (κ3) is 2.51. The first-order chi connectivity index (χ1) is 7.16. The monoisotopic (exact) mass is 227 g/mol. The summed E-state index contributed by atoms with van der Waals surface area (Å²) in [4.78, 5) is 0. The molecule has 4 heteroatoms. The van der Waals surface area contributed by atoms with E-state index in [1.54, 1.807) is 6.33 Å². The topological polar surface area (TPSA) is 30.7 Å². The van der Waals surface area contributed by atoms with Gasteiger partial charge in [0.2, 0.25) is 0 Å². The molecule has 1 aliphatic carbocycles. The van der Waals surface area contributed by atoms with Crippen LogP contribution in [0.4, 0.5) is 0 Å². The van der Waals surface area contributed by atoms with Gasteiger partial charge in [-0.05, 0) is 31.1 Å². The molecule has 0 aromatic carbocycles. The first kappa shape index (κ1) is 10.9. The highest BCUT2D eigenvalue weighted by molar-refractivity contribution is 6.20. The van der Waals surface area contributed by atoms with Gasteiger partial charge >= 0.3 is 0 Å². The Morgan fingerprint density at radius 3 is 3.00 bits per heavy atom. The summed E-state index contributed by atoms with van der Waals surface area (Å²) in [5, 5.41) is 8.41. The van der Waals surface area contributed by atoms with E-state index >= 15 is 0 Å². The highest BCUT2D eigenvalue weighted by Crippen LogP contribution is 2.34. The number of hydrogen-bond acceptors (Lipinski definition) is 2. The number of halogens is 1. The van der Waals surface area contributed by atoms with Crippen LogP contribution in [0.25, 0.3) is 0 Å². The number of rotatable bonds is 2. The predicted molar refractivity (Wildman–Crippen MR) is 60.9 cm³/mol. The van der Waals surface area contributed by atoms with Gasteiger partial charge in [0.05, 0.1) is 0 Å². The summed E-state index contributed by atoms with van der Waals surface area (Å²) >= 11 is 6.21. The minimum atomic E-state index is 0.361. The van der Waals surface area contributed by atoms with Gasteiger partial charge in [0, 0.05) is 18.8 Å². The van der Waals surface area contributed by atoms with Gasteiger partial charge in [-0.1, -0.05) is 6.92 Å². The molecule has 0 amide bonds. The maximum absolute atomic E-state index is 6.21. The van der Waals surface area contributed by atoms with Gasteiger partial charge in [0.25, 0.3) is 0 Å². The summed E-state index contributed by atoms with van der Waals surface area (Å²) in [6.45, 7) is 2.32. The molecule has 1 heterocycles. The summed E-state index contributed by atoms with van der Waals surface area (Å²) in [6.07, 6.45) is 6.31. The van der Waals surface area contributed by atoms with E-state index in [-0.39, 0.29) is 0 Å². The van der Waals surface area contributed by atoms with Crippen LogP contribution in [0.15, 0.2) is 6.33 Å². The third-order valence-corrected chi connectivity index (χ3v) is 3.94. The molecule has 0 spiro atoms. The lowest BCUT2D eigenvalue weighted by atomic mass is 9.78. The lowest BCUT2D eigenvalue weighted by Crippen LogP contribution is -2.26. The van der Waals surface area contributed by atoms with E-state index in [0.717, 1.165) is 31.0 Å². The highest BCUT2D eigenvalue weighted by atomic mass is 35.5. The Bertz CT molecular complexity index is 323. The van der Waals surface area contributed by atoms with Crippen LogP contribution in [-0.2, 0) is 13.5 Å².